The van der Waals surface area contributed by atoms with Gasteiger partial charge >= 0.3 is 0 Å². The fourth-order valence-electron chi connectivity index (χ4n) is 2.05. The first-order valence-corrected chi connectivity index (χ1v) is 6.70. The van der Waals surface area contributed by atoms with Gasteiger partial charge in [-0.05, 0) is 29.8 Å². The van der Waals surface area contributed by atoms with Crippen LogP contribution in [0, 0.1) is 5.82 Å². The minimum atomic E-state index is -0.312. The van der Waals surface area contributed by atoms with Gasteiger partial charge in [-0.15, -0.1) is 0 Å². The third-order valence-electron chi connectivity index (χ3n) is 3.11. The van der Waals surface area contributed by atoms with Crippen LogP contribution in [-0.4, -0.2) is 21.7 Å². The highest BCUT2D eigenvalue weighted by Crippen LogP contribution is 2.11. The van der Waals surface area contributed by atoms with Crippen LogP contribution in [0.15, 0.2) is 60.0 Å². The number of aromatic nitrogens is 2. The average Bonchev–Trinajstić information content (AvgIpc) is 2.93. The molecule has 0 radical (unpaired) electrons. The first-order valence-electron chi connectivity index (χ1n) is 6.70. The van der Waals surface area contributed by atoms with Crippen LogP contribution < -0.4 is 5.43 Å². The van der Waals surface area contributed by atoms with Crippen LogP contribution in [0.3, 0.4) is 0 Å². The SMILES string of the molecule is O=C(Cn1cnc2ccccc21)NN=Cc1ccc(F)cc1. The molecule has 5 nitrogen and oxygen atoms in total. The van der Waals surface area contributed by atoms with Gasteiger partial charge in [-0.3, -0.25) is 4.79 Å². The van der Waals surface area contributed by atoms with Gasteiger partial charge in [0.1, 0.15) is 12.4 Å². The topological polar surface area (TPSA) is 59.3 Å². The number of hydrogen-bond acceptors (Lipinski definition) is 3. The molecule has 1 aromatic heterocycles. The molecule has 3 aromatic rings. The summed E-state index contributed by atoms with van der Waals surface area (Å²) in [6, 6.07) is 13.4. The fraction of sp³-hybridized carbons (Fsp3) is 0.0625. The highest BCUT2D eigenvalue weighted by molar-refractivity contribution is 5.83. The van der Waals surface area contributed by atoms with E-state index in [1.165, 1.54) is 18.3 Å². The van der Waals surface area contributed by atoms with Gasteiger partial charge < -0.3 is 4.57 Å². The molecule has 2 aromatic carbocycles. The van der Waals surface area contributed by atoms with Crippen molar-refractivity contribution < 1.29 is 9.18 Å². The van der Waals surface area contributed by atoms with Crippen molar-refractivity contribution in [3.05, 3.63) is 66.2 Å². The van der Waals surface area contributed by atoms with Gasteiger partial charge in [-0.1, -0.05) is 24.3 Å². The number of para-hydroxylation sites is 2. The minimum Gasteiger partial charge on any atom is -0.321 e. The van der Waals surface area contributed by atoms with Crippen molar-refractivity contribution in [2.45, 2.75) is 6.54 Å². The monoisotopic (exact) mass is 296 g/mol. The molecular weight excluding hydrogens is 283 g/mol. The Kier molecular flexibility index (Phi) is 3.91. The van der Waals surface area contributed by atoms with E-state index in [2.05, 4.69) is 15.5 Å². The number of hydrogen-bond donors (Lipinski definition) is 1. The Labute approximate surface area is 126 Å². The molecule has 0 unspecified atom stereocenters. The van der Waals surface area contributed by atoms with Gasteiger partial charge in [0.15, 0.2) is 0 Å². The number of carbonyl (C=O) groups excluding carboxylic acids is 1. The number of hydrazone groups is 1. The summed E-state index contributed by atoms with van der Waals surface area (Å²) in [6.07, 6.45) is 3.08. The summed E-state index contributed by atoms with van der Waals surface area (Å²) in [5.41, 5.74) is 4.87. The van der Waals surface area contributed by atoms with E-state index in [1.807, 2.05) is 24.3 Å². The van der Waals surface area contributed by atoms with Gasteiger partial charge in [-0.2, -0.15) is 5.10 Å². The van der Waals surface area contributed by atoms with Crippen molar-refractivity contribution in [2.24, 2.45) is 5.10 Å². The van der Waals surface area contributed by atoms with E-state index < -0.39 is 0 Å². The minimum absolute atomic E-state index is 0.126. The number of amides is 1. The normalized spacial score (nSPS) is 11.1. The molecule has 0 saturated carbocycles. The first-order chi connectivity index (χ1) is 10.7. The van der Waals surface area contributed by atoms with Crippen LogP contribution >= 0.6 is 0 Å². The van der Waals surface area contributed by atoms with Crippen LogP contribution in [-0.2, 0) is 11.3 Å². The Hall–Kier alpha value is -3.02. The van der Waals surface area contributed by atoms with Crippen LogP contribution in [0.2, 0.25) is 0 Å². The van der Waals surface area contributed by atoms with E-state index in [1.54, 1.807) is 23.0 Å². The Balaban J connectivity index is 1.62. The van der Waals surface area contributed by atoms with E-state index in [4.69, 9.17) is 0 Å². The number of carbonyl (C=O) groups is 1. The predicted octanol–water partition coefficient (Wildman–Crippen LogP) is 2.33. The maximum Gasteiger partial charge on any atom is 0.260 e. The van der Waals surface area contributed by atoms with Crippen molar-refractivity contribution in [3.8, 4) is 0 Å². The molecule has 1 heterocycles. The molecule has 6 heteroatoms. The molecule has 0 saturated heterocycles. The molecule has 22 heavy (non-hydrogen) atoms. The fourth-order valence-corrected chi connectivity index (χ4v) is 2.05. The number of halogens is 1. The molecule has 110 valence electrons. The molecule has 0 spiro atoms. The molecular formula is C16H13FN4O. The number of fused-ring (bicyclic) bond motifs is 1. The second kappa shape index (κ2) is 6.17. The molecule has 0 aliphatic rings. The summed E-state index contributed by atoms with van der Waals surface area (Å²) in [6.45, 7) is 0.126. The van der Waals surface area contributed by atoms with E-state index in [9.17, 15) is 9.18 Å². The number of imidazole rings is 1. The van der Waals surface area contributed by atoms with E-state index in [0.717, 1.165) is 11.0 Å². The molecule has 0 aliphatic carbocycles. The largest absolute Gasteiger partial charge is 0.321 e. The van der Waals surface area contributed by atoms with Gasteiger partial charge in [0.25, 0.3) is 5.91 Å². The molecule has 3 rings (SSSR count). The maximum absolute atomic E-state index is 12.8. The summed E-state index contributed by atoms with van der Waals surface area (Å²) in [5, 5.41) is 3.85. The standard InChI is InChI=1S/C16H13FN4O/c17-13-7-5-12(6-8-13)9-19-20-16(22)10-21-11-18-14-3-1-2-4-15(14)21/h1-9,11H,10H2,(H,20,22). The Morgan fingerprint density at radius 1 is 1.23 bits per heavy atom. The molecule has 0 atom stereocenters. The molecule has 0 bridgehead atoms. The van der Waals surface area contributed by atoms with Gasteiger partial charge in [0, 0.05) is 0 Å². The number of rotatable bonds is 4. The van der Waals surface area contributed by atoms with Gasteiger partial charge in [0.2, 0.25) is 0 Å². The molecule has 0 fully saturated rings. The van der Waals surface area contributed by atoms with Gasteiger partial charge in [0.05, 0.1) is 23.6 Å². The zero-order valence-corrected chi connectivity index (χ0v) is 11.6. The Morgan fingerprint density at radius 2 is 2.00 bits per heavy atom. The zero-order chi connectivity index (χ0) is 15.4. The lowest BCUT2D eigenvalue weighted by atomic mass is 10.2. The Bertz CT molecular complexity index is 824. The summed E-state index contributed by atoms with van der Waals surface area (Å²) in [4.78, 5) is 16.1. The van der Waals surface area contributed by atoms with E-state index in [-0.39, 0.29) is 18.3 Å². The summed E-state index contributed by atoms with van der Waals surface area (Å²) in [7, 11) is 0. The summed E-state index contributed by atoms with van der Waals surface area (Å²) >= 11 is 0. The van der Waals surface area contributed by atoms with E-state index in [0.29, 0.717) is 5.56 Å². The highest BCUT2D eigenvalue weighted by atomic mass is 19.1. The molecule has 0 aliphatic heterocycles. The third kappa shape index (κ3) is 3.17. The number of nitrogens with one attached hydrogen (secondary N) is 1. The second-order valence-electron chi connectivity index (χ2n) is 4.71. The third-order valence-corrected chi connectivity index (χ3v) is 3.11. The second-order valence-corrected chi connectivity index (χ2v) is 4.71. The van der Waals surface area contributed by atoms with Crippen LogP contribution in [0.4, 0.5) is 4.39 Å². The summed E-state index contributed by atoms with van der Waals surface area (Å²) in [5.74, 6) is -0.574. The van der Waals surface area contributed by atoms with Crippen LogP contribution in [0.25, 0.3) is 11.0 Å². The van der Waals surface area contributed by atoms with Crippen molar-refractivity contribution in [2.75, 3.05) is 0 Å². The van der Waals surface area contributed by atoms with E-state index >= 15 is 0 Å². The quantitative estimate of drug-likeness (QED) is 0.593. The van der Waals surface area contributed by atoms with Crippen molar-refractivity contribution in [1.29, 1.82) is 0 Å². The lowest BCUT2D eigenvalue weighted by molar-refractivity contribution is -0.121. The predicted molar refractivity (Wildman–Crippen MR) is 81.9 cm³/mol. The Morgan fingerprint density at radius 3 is 2.82 bits per heavy atom. The summed E-state index contributed by atoms with van der Waals surface area (Å²) < 4.78 is 14.5. The van der Waals surface area contributed by atoms with Crippen LogP contribution in [0.5, 0.6) is 0 Å². The lowest BCUT2D eigenvalue weighted by Crippen LogP contribution is -2.22. The lowest BCUT2D eigenvalue weighted by Gasteiger charge is -2.02. The van der Waals surface area contributed by atoms with Crippen molar-refractivity contribution in [1.82, 2.24) is 15.0 Å². The first kappa shape index (κ1) is 13.9. The molecule has 1 N–H and O–H groups in total. The number of benzene rings is 2. The zero-order valence-electron chi connectivity index (χ0n) is 11.6. The average molecular weight is 296 g/mol. The maximum atomic E-state index is 12.8. The smallest absolute Gasteiger partial charge is 0.260 e. The molecule has 1 amide bonds. The van der Waals surface area contributed by atoms with Crippen LogP contribution in [0.1, 0.15) is 5.56 Å². The van der Waals surface area contributed by atoms with Crippen molar-refractivity contribution >= 4 is 23.2 Å². The van der Waals surface area contributed by atoms with Gasteiger partial charge in [-0.25, -0.2) is 14.8 Å². The number of nitrogens with zero attached hydrogens (tertiary/aromatic N) is 3. The highest BCUT2D eigenvalue weighted by Gasteiger charge is 2.05. The van der Waals surface area contributed by atoms with Crippen molar-refractivity contribution in [3.63, 3.8) is 0 Å².